The van der Waals surface area contributed by atoms with E-state index < -0.39 is 4.92 Å². The summed E-state index contributed by atoms with van der Waals surface area (Å²) in [7, 11) is 0. The first-order valence-corrected chi connectivity index (χ1v) is 4.78. The van der Waals surface area contributed by atoms with E-state index in [9.17, 15) is 14.9 Å². The Morgan fingerprint density at radius 3 is 2.88 bits per heavy atom. The van der Waals surface area contributed by atoms with Gasteiger partial charge in [0.25, 0.3) is 5.69 Å². The van der Waals surface area contributed by atoms with Crippen LogP contribution in [-0.2, 0) is 4.79 Å². The van der Waals surface area contributed by atoms with Gasteiger partial charge >= 0.3 is 0 Å². The van der Waals surface area contributed by atoms with Crippen molar-refractivity contribution >= 4 is 11.6 Å². The maximum Gasteiger partial charge on any atom is 0.269 e. The molecule has 0 saturated carbocycles. The van der Waals surface area contributed by atoms with Crippen LogP contribution in [0.4, 0.5) is 5.69 Å². The Hall–Kier alpha value is -1.95. The molecule has 6 nitrogen and oxygen atoms in total. The lowest BCUT2D eigenvalue weighted by Gasteiger charge is -2.10. The third-order valence-corrected chi connectivity index (χ3v) is 2.30. The molecule has 1 rings (SSSR count). The van der Waals surface area contributed by atoms with Crippen LogP contribution >= 0.6 is 0 Å². The van der Waals surface area contributed by atoms with Gasteiger partial charge in [-0.1, -0.05) is 19.1 Å². The van der Waals surface area contributed by atoms with Gasteiger partial charge in [0.15, 0.2) is 0 Å². The molecule has 0 spiro atoms. The fourth-order valence-corrected chi connectivity index (χ4v) is 1.40. The van der Waals surface area contributed by atoms with E-state index in [4.69, 9.17) is 5.84 Å². The third kappa shape index (κ3) is 3.03. The fraction of sp³-hybridized carbons (Fsp3) is 0.300. The summed E-state index contributed by atoms with van der Waals surface area (Å²) in [4.78, 5) is 21.1. The van der Waals surface area contributed by atoms with Crippen LogP contribution in [0, 0.1) is 10.1 Å². The molecule has 1 aromatic rings. The Morgan fingerprint density at radius 1 is 1.62 bits per heavy atom. The lowest BCUT2D eigenvalue weighted by Crippen LogP contribution is -2.30. The molecule has 0 radical (unpaired) electrons. The molecule has 0 aliphatic carbocycles. The number of amides is 1. The first-order chi connectivity index (χ1) is 7.54. The van der Waals surface area contributed by atoms with Gasteiger partial charge in [-0.2, -0.15) is 0 Å². The summed E-state index contributed by atoms with van der Waals surface area (Å²) in [6, 6.07) is 6.24. The maximum absolute atomic E-state index is 11.0. The van der Waals surface area contributed by atoms with Crippen molar-refractivity contribution in [3.05, 3.63) is 39.9 Å². The normalized spacial score (nSPS) is 11.9. The molecular weight excluding hydrogens is 210 g/mol. The molecule has 6 heteroatoms. The number of hydrogen-bond donors (Lipinski definition) is 2. The van der Waals surface area contributed by atoms with Crippen molar-refractivity contribution < 1.29 is 9.72 Å². The first kappa shape index (κ1) is 12.1. The number of rotatable bonds is 4. The molecule has 0 fully saturated rings. The van der Waals surface area contributed by atoms with Gasteiger partial charge in [-0.05, 0) is 11.5 Å². The van der Waals surface area contributed by atoms with E-state index in [2.05, 4.69) is 0 Å². The zero-order chi connectivity index (χ0) is 12.1. The summed E-state index contributed by atoms with van der Waals surface area (Å²) in [5, 5.41) is 10.6. The number of nitrogens with zero attached hydrogens (tertiary/aromatic N) is 1. The van der Waals surface area contributed by atoms with Gasteiger partial charge in [0.1, 0.15) is 0 Å². The van der Waals surface area contributed by atoms with Crippen LogP contribution in [0.5, 0.6) is 0 Å². The number of non-ortho nitro benzene ring substituents is 1. The van der Waals surface area contributed by atoms with Crippen molar-refractivity contribution in [2.75, 3.05) is 0 Å². The second kappa shape index (κ2) is 5.22. The van der Waals surface area contributed by atoms with E-state index in [0.29, 0.717) is 0 Å². The number of nitrogens with two attached hydrogens (primary N) is 1. The zero-order valence-electron chi connectivity index (χ0n) is 8.84. The maximum atomic E-state index is 11.0. The molecule has 0 unspecified atom stereocenters. The number of carbonyl (C=O) groups excluding carboxylic acids is 1. The van der Waals surface area contributed by atoms with E-state index in [0.717, 1.165) is 5.56 Å². The van der Waals surface area contributed by atoms with Crippen LogP contribution in [-0.4, -0.2) is 10.8 Å². The Kier molecular flexibility index (Phi) is 3.96. The first-order valence-electron chi connectivity index (χ1n) is 4.78. The monoisotopic (exact) mass is 223 g/mol. The number of benzene rings is 1. The van der Waals surface area contributed by atoms with Crippen LogP contribution in [0.2, 0.25) is 0 Å². The van der Waals surface area contributed by atoms with Crippen molar-refractivity contribution in [1.82, 2.24) is 5.43 Å². The number of hydrazine groups is 1. The van der Waals surface area contributed by atoms with Gasteiger partial charge in [0.2, 0.25) is 5.91 Å². The van der Waals surface area contributed by atoms with Gasteiger partial charge in [-0.15, -0.1) is 0 Å². The molecule has 86 valence electrons. The molecule has 0 aliphatic rings. The largest absolute Gasteiger partial charge is 0.294 e. The third-order valence-electron chi connectivity index (χ3n) is 2.30. The van der Waals surface area contributed by atoms with E-state index >= 15 is 0 Å². The van der Waals surface area contributed by atoms with E-state index in [-0.39, 0.29) is 23.9 Å². The number of hydrogen-bond acceptors (Lipinski definition) is 4. The average Bonchev–Trinajstić information content (AvgIpc) is 2.28. The average molecular weight is 223 g/mol. The number of carbonyl (C=O) groups is 1. The highest BCUT2D eigenvalue weighted by atomic mass is 16.6. The number of nitrogens with one attached hydrogen (secondary N) is 1. The smallest absolute Gasteiger partial charge is 0.269 e. The molecule has 1 amide bonds. The van der Waals surface area contributed by atoms with Crippen LogP contribution < -0.4 is 11.3 Å². The topological polar surface area (TPSA) is 98.3 Å². The molecule has 16 heavy (non-hydrogen) atoms. The van der Waals surface area contributed by atoms with E-state index in [1.165, 1.54) is 12.1 Å². The predicted molar refractivity (Wildman–Crippen MR) is 58.5 cm³/mol. The van der Waals surface area contributed by atoms with Crippen molar-refractivity contribution in [2.45, 2.75) is 19.3 Å². The van der Waals surface area contributed by atoms with Crippen LogP contribution in [0.3, 0.4) is 0 Å². The highest BCUT2D eigenvalue weighted by Gasteiger charge is 2.13. The summed E-state index contributed by atoms with van der Waals surface area (Å²) in [6.07, 6.45) is 0.206. The van der Waals surface area contributed by atoms with Gasteiger partial charge in [-0.3, -0.25) is 20.3 Å². The van der Waals surface area contributed by atoms with Crippen LogP contribution in [0.1, 0.15) is 24.8 Å². The molecule has 1 atom stereocenters. The highest BCUT2D eigenvalue weighted by Crippen LogP contribution is 2.22. The number of nitro benzene ring substituents is 1. The van der Waals surface area contributed by atoms with Crippen molar-refractivity contribution in [1.29, 1.82) is 0 Å². The summed E-state index contributed by atoms with van der Waals surface area (Å²) in [5.74, 6) is 4.57. The lowest BCUT2D eigenvalue weighted by atomic mass is 9.97. The minimum absolute atomic E-state index is 0.0255. The summed E-state index contributed by atoms with van der Waals surface area (Å²) >= 11 is 0. The Morgan fingerprint density at radius 2 is 2.31 bits per heavy atom. The summed E-state index contributed by atoms with van der Waals surface area (Å²) in [5.41, 5.74) is 2.80. The molecular formula is C10H13N3O3. The second-order valence-electron chi connectivity index (χ2n) is 3.52. The quantitative estimate of drug-likeness (QED) is 0.345. The highest BCUT2D eigenvalue weighted by molar-refractivity contribution is 5.76. The van der Waals surface area contributed by atoms with Gasteiger partial charge in [0.05, 0.1) is 4.92 Å². The molecule has 1 aromatic carbocycles. The minimum atomic E-state index is -0.459. The van der Waals surface area contributed by atoms with Crippen molar-refractivity contribution in [2.24, 2.45) is 5.84 Å². The van der Waals surface area contributed by atoms with E-state index in [1.54, 1.807) is 12.1 Å². The zero-order valence-corrected chi connectivity index (χ0v) is 8.84. The summed E-state index contributed by atoms with van der Waals surface area (Å²) < 4.78 is 0. The molecule has 0 aliphatic heterocycles. The summed E-state index contributed by atoms with van der Waals surface area (Å²) in [6.45, 7) is 1.81. The standard InChI is InChI=1S/C10H13N3O3/c1-7(5-10(14)12-11)8-3-2-4-9(6-8)13(15)16/h2-4,6-7H,5,11H2,1H3,(H,12,14)/t7-/m1/s1. The SMILES string of the molecule is C[C@H](CC(=O)NN)c1cccc([N+](=O)[O-])c1. The Balaban J connectivity index is 2.83. The molecule has 0 bridgehead atoms. The second-order valence-corrected chi connectivity index (χ2v) is 3.52. The Bertz CT molecular complexity index is 406. The van der Waals surface area contributed by atoms with Crippen LogP contribution in [0.15, 0.2) is 24.3 Å². The lowest BCUT2D eigenvalue weighted by molar-refractivity contribution is -0.384. The predicted octanol–water partition coefficient (Wildman–Crippen LogP) is 1.08. The Labute approximate surface area is 92.6 Å². The van der Waals surface area contributed by atoms with Crippen molar-refractivity contribution in [3.8, 4) is 0 Å². The molecule has 0 aromatic heterocycles. The van der Waals surface area contributed by atoms with Crippen molar-refractivity contribution in [3.63, 3.8) is 0 Å². The fourth-order valence-electron chi connectivity index (χ4n) is 1.40. The van der Waals surface area contributed by atoms with E-state index in [1.807, 2.05) is 12.3 Å². The number of nitro groups is 1. The van der Waals surface area contributed by atoms with Gasteiger partial charge < -0.3 is 0 Å². The molecule has 0 saturated heterocycles. The molecule has 0 heterocycles. The van der Waals surface area contributed by atoms with Gasteiger partial charge in [-0.25, -0.2) is 5.84 Å². The minimum Gasteiger partial charge on any atom is -0.294 e. The van der Waals surface area contributed by atoms with Crippen LogP contribution in [0.25, 0.3) is 0 Å². The molecule has 3 N–H and O–H groups in total. The van der Waals surface area contributed by atoms with Gasteiger partial charge in [0, 0.05) is 18.6 Å².